The van der Waals surface area contributed by atoms with Crippen LogP contribution < -0.4 is 4.74 Å². The number of aromatic nitrogens is 1. The number of carbonyl (C=O) groups is 1. The Balaban J connectivity index is 3.17. The average Bonchev–Trinajstić information content (AvgIpc) is 2.05. The van der Waals surface area contributed by atoms with Crippen molar-refractivity contribution in [2.45, 2.75) is 0 Å². The van der Waals surface area contributed by atoms with Crippen LogP contribution in [-0.2, 0) is 0 Å². The van der Waals surface area contributed by atoms with E-state index in [0.29, 0.717) is 5.75 Å². The van der Waals surface area contributed by atoms with Gasteiger partial charge >= 0.3 is 5.97 Å². The molecule has 1 rings (SSSR count). The van der Waals surface area contributed by atoms with Crippen molar-refractivity contribution >= 4 is 5.97 Å². The van der Waals surface area contributed by atoms with Crippen molar-refractivity contribution < 1.29 is 19.7 Å². The van der Waals surface area contributed by atoms with Crippen molar-refractivity contribution in [3.05, 3.63) is 17.8 Å². The molecule has 0 aromatic carbocycles. The van der Waals surface area contributed by atoms with Crippen LogP contribution in [0.15, 0.2) is 12.3 Å². The number of carboxylic acids is 1. The average molecular weight is 169 g/mol. The Labute approximate surface area is 68.2 Å². The first-order chi connectivity index (χ1) is 5.65. The summed E-state index contributed by atoms with van der Waals surface area (Å²) in [4.78, 5) is 13.9. The van der Waals surface area contributed by atoms with Gasteiger partial charge in [0.1, 0.15) is 11.3 Å². The Bertz CT molecular complexity index is 310. The van der Waals surface area contributed by atoms with Crippen molar-refractivity contribution in [1.29, 1.82) is 0 Å². The number of hydrogen-bond acceptors (Lipinski definition) is 4. The van der Waals surface area contributed by atoms with Gasteiger partial charge < -0.3 is 14.9 Å². The van der Waals surface area contributed by atoms with Gasteiger partial charge in [0.2, 0.25) is 5.88 Å². The van der Waals surface area contributed by atoms with E-state index in [9.17, 15) is 4.79 Å². The molecule has 0 amide bonds. The number of aromatic hydroxyl groups is 1. The molecule has 0 saturated heterocycles. The van der Waals surface area contributed by atoms with Crippen molar-refractivity contribution in [2.75, 3.05) is 7.11 Å². The summed E-state index contributed by atoms with van der Waals surface area (Å²) in [5, 5.41) is 17.5. The van der Waals surface area contributed by atoms with Crippen molar-refractivity contribution in [1.82, 2.24) is 4.98 Å². The van der Waals surface area contributed by atoms with E-state index < -0.39 is 11.8 Å². The lowest BCUT2D eigenvalue weighted by molar-refractivity contribution is 0.0692. The zero-order valence-electron chi connectivity index (χ0n) is 6.31. The molecule has 0 aliphatic heterocycles. The third-order valence-corrected chi connectivity index (χ3v) is 1.31. The van der Waals surface area contributed by atoms with Crippen LogP contribution in [0, 0.1) is 0 Å². The molecule has 12 heavy (non-hydrogen) atoms. The second kappa shape index (κ2) is 3.08. The highest BCUT2D eigenvalue weighted by atomic mass is 16.5. The van der Waals surface area contributed by atoms with E-state index in [4.69, 9.17) is 14.9 Å². The summed E-state index contributed by atoms with van der Waals surface area (Å²) in [5.74, 6) is -1.45. The normalized spacial score (nSPS) is 9.42. The lowest BCUT2D eigenvalue weighted by Crippen LogP contribution is -1.98. The molecule has 0 fully saturated rings. The molecule has 0 aliphatic carbocycles. The molecule has 2 N–H and O–H groups in total. The predicted molar refractivity (Wildman–Crippen MR) is 39.4 cm³/mol. The van der Waals surface area contributed by atoms with Gasteiger partial charge in [0.25, 0.3) is 0 Å². The highest BCUT2D eigenvalue weighted by Crippen LogP contribution is 2.18. The van der Waals surface area contributed by atoms with Crippen LogP contribution >= 0.6 is 0 Å². The number of nitrogens with zero attached hydrogens (tertiary/aromatic N) is 1. The second-order valence-corrected chi connectivity index (χ2v) is 2.05. The number of ether oxygens (including phenoxy) is 1. The molecule has 1 heterocycles. The predicted octanol–water partition coefficient (Wildman–Crippen LogP) is 0.494. The monoisotopic (exact) mass is 169 g/mol. The summed E-state index contributed by atoms with van der Waals surface area (Å²) in [6.07, 6.45) is 1.24. The summed E-state index contributed by atoms with van der Waals surface area (Å²) in [6.45, 7) is 0. The van der Waals surface area contributed by atoms with Crippen molar-refractivity contribution in [3.63, 3.8) is 0 Å². The summed E-state index contributed by atoms with van der Waals surface area (Å²) in [7, 11) is 1.39. The molecular formula is C7H7NO4. The van der Waals surface area contributed by atoms with Crippen LogP contribution in [0.3, 0.4) is 0 Å². The fourth-order valence-corrected chi connectivity index (χ4v) is 0.707. The largest absolute Gasteiger partial charge is 0.495 e. The Morgan fingerprint density at radius 3 is 2.83 bits per heavy atom. The van der Waals surface area contributed by atoms with E-state index in [-0.39, 0.29) is 5.56 Å². The first kappa shape index (κ1) is 8.32. The Kier molecular flexibility index (Phi) is 2.14. The molecule has 1 aromatic rings. The molecule has 0 radical (unpaired) electrons. The molecule has 0 atom stereocenters. The van der Waals surface area contributed by atoms with Crippen LogP contribution in [0.1, 0.15) is 10.4 Å². The van der Waals surface area contributed by atoms with E-state index in [1.165, 1.54) is 19.4 Å². The van der Waals surface area contributed by atoms with E-state index >= 15 is 0 Å². The molecule has 0 unspecified atom stereocenters. The highest BCUT2D eigenvalue weighted by molar-refractivity contribution is 5.90. The minimum Gasteiger partial charge on any atom is -0.495 e. The molecule has 0 bridgehead atoms. The maximum atomic E-state index is 10.4. The topological polar surface area (TPSA) is 79.7 Å². The van der Waals surface area contributed by atoms with Gasteiger partial charge in [-0.25, -0.2) is 9.78 Å². The lowest BCUT2D eigenvalue weighted by atomic mass is 10.2. The molecule has 0 saturated carbocycles. The fraction of sp³-hybridized carbons (Fsp3) is 0.143. The standard InChI is InChI=1S/C7H7NO4/c1-12-4-2-5(7(10)11)6(9)8-3-4/h2-3H,1H3,(H,8,9)(H,10,11). The molecule has 64 valence electrons. The van der Waals surface area contributed by atoms with Gasteiger partial charge in [0.15, 0.2) is 0 Å². The van der Waals surface area contributed by atoms with Crippen molar-refractivity contribution in [3.8, 4) is 11.6 Å². The van der Waals surface area contributed by atoms with E-state index in [1.807, 2.05) is 0 Å². The smallest absolute Gasteiger partial charge is 0.341 e. The zero-order chi connectivity index (χ0) is 9.14. The first-order valence-electron chi connectivity index (χ1n) is 3.11. The van der Waals surface area contributed by atoms with Gasteiger partial charge in [0, 0.05) is 6.07 Å². The Morgan fingerprint density at radius 2 is 2.33 bits per heavy atom. The summed E-state index contributed by atoms with van der Waals surface area (Å²) < 4.78 is 4.72. The quantitative estimate of drug-likeness (QED) is 0.673. The minimum absolute atomic E-state index is 0.269. The van der Waals surface area contributed by atoms with Gasteiger partial charge in [-0.1, -0.05) is 0 Å². The number of aromatic carboxylic acids is 1. The minimum atomic E-state index is -1.24. The van der Waals surface area contributed by atoms with Gasteiger partial charge in [-0.05, 0) is 0 Å². The Hall–Kier alpha value is -1.78. The Morgan fingerprint density at radius 1 is 1.67 bits per heavy atom. The van der Waals surface area contributed by atoms with Gasteiger partial charge in [-0.15, -0.1) is 0 Å². The number of rotatable bonds is 2. The zero-order valence-corrected chi connectivity index (χ0v) is 6.31. The van der Waals surface area contributed by atoms with E-state index in [1.54, 1.807) is 0 Å². The summed E-state index contributed by atoms with van der Waals surface area (Å²) in [6, 6.07) is 1.20. The number of methoxy groups -OCH3 is 1. The van der Waals surface area contributed by atoms with Crippen LogP contribution in [0.2, 0.25) is 0 Å². The molecule has 1 aromatic heterocycles. The van der Waals surface area contributed by atoms with Crippen LogP contribution in [0.5, 0.6) is 11.6 Å². The first-order valence-corrected chi connectivity index (χ1v) is 3.11. The second-order valence-electron chi connectivity index (χ2n) is 2.05. The summed E-state index contributed by atoms with van der Waals surface area (Å²) >= 11 is 0. The molecule has 5 nitrogen and oxygen atoms in total. The van der Waals surface area contributed by atoms with Gasteiger partial charge in [0.05, 0.1) is 13.3 Å². The highest BCUT2D eigenvalue weighted by Gasteiger charge is 2.11. The number of pyridine rings is 1. The molecule has 0 spiro atoms. The van der Waals surface area contributed by atoms with Crippen molar-refractivity contribution in [2.24, 2.45) is 0 Å². The molecule has 5 heteroatoms. The number of carboxylic acid groups (broad SMARTS) is 1. The lowest BCUT2D eigenvalue weighted by Gasteiger charge is -2.01. The maximum absolute atomic E-state index is 10.4. The number of hydrogen-bond donors (Lipinski definition) is 2. The van der Waals surface area contributed by atoms with Crippen LogP contribution in [0.4, 0.5) is 0 Å². The van der Waals surface area contributed by atoms with E-state index in [2.05, 4.69) is 4.98 Å². The SMILES string of the molecule is COc1cnc(O)c(C(=O)O)c1. The van der Waals surface area contributed by atoms with E-state index in [0.717, 1.165) is 0 Å². The third kappa shape index (κ3) is 1.45. The van der Waals surface area contributed by atoms with Gasteiger partial charge in [-0.2, -0.15) is 0 Å². The molecular weight excluding hydrogens is 162 g/mol. The molecule has 0 aliphatic rings. The maximum Gasteiger partial charge on any atom is 0.341 e. The van der Waals surface area contributed by atoms with Gasteiger partial charge in [-0.3, -0.25) is 0 Å². The van der Waals surface area contributed by atoms with Crippen LogP contribution in [0.25, 0.3) is 0 Å². The third-order valence-electron chi connectivity index (χ3n) is 1.31. The van der Waals surface area contributed by atoms with Crippen LogP contribution in [-0.4, -0.2) is 28.3 Å². The summed E-state index contributed by atoms with van der Waals surface area (Å²) in [5.41, 5.74) is -0.269. The fourth-order valence-electron chi connectivity index (χ4n) is 0.707.